The largest absolute Gasteiger partial charge is 0.381 e. The molecule has 0 aromatic rings. The molecular weight excluding hydrogens is 224 g/mol. The van der Waals surface area contributed by atoms with Crippen LogP contribution in [0.2, 0.25) is 0 Å². The molecule has 1 heterocycles. The van der Waals surface area contributed by atoms with Gasteiger partial charge in [0.1, 0.15) is 0 Å². The van der Waals surface area contributed by atoms with Crippen LogP contribution in [0.4, 0.5) is 0 Å². The van der Waals surface area contributed by atoms with E-state index in [4.69, 9.17) is 4.74 Å². The molecule has 104 valence electrons. The quantitative estimate of drug-likeness (QED) is 0.831. The third kappa shape index (κ3) is 3.06. The van der Waals surface area contributed by atoms with Crippen molar-refractivity contribution in [3.63, 3.8) is 0 Å². The highest BCUT2D eigenvalue weighted by Crippen LogP contribution is 2.34. The molecule has 3 unspecified atom stereocenters. The van der Waals surface area contributed by atoms with E-state index in [2.05, 4.69) is 10.2 Å². The molecule has 2 aliphatic carbocycles. The van der Waals surface area contributed by atoms with Gasteiger partial charge in [0.05, 0.1) is 6.10 Å². The molecule has 3 fully saturated rings. The highest BCUT2D eigenvalue weighted by atomic mass is 16.5. The van der Waals surface area contributed by atoms with Crippen LogP contribution in [0.1, 0.15) is 44.9 Å². The minimum absolute atomic E-state index is 0.513. The second-order valence-corrected chi connectivity index (χ2v) is 6.42. The van der Waals surface area contributed by atoms with Gasteiger partial charge in [0.25, 0.3) is 0 Å². The number of hydrogen-bond donors (Lipinski definition) is 1. The predicted molar refractivity (Wildman–Crippen MR) is 73.8 cm³/mol. The Morgan fingerprint density at radius 2 is 2.00 bits per heavy atom. The van der Waals surface area contributed by atoms with E-state index in [1.54, 1.807) is 0 Å². The first kappa shape index (κ1) is 12.9. The Morgan fingerprint density at radius 1 is 1.11 bits per heavy atom. The third-order valence-corrected chi connectivity index (χ3v) is 5.10. The van der Waals surface area contributed by atoms with Gasteiger partial charge in [-0.05, 0) is 64.0 Å². The summed E-state index contributed by atoms with van der Waals surface area (Å²) < 4.78 is 5.59. The Morgan fingerprint density at radius 3 is 2.78 bits per heavy atom. The average Bonchev–Trinajstić information content (AvgIpc) is 3.24. The maximum atomic E-state index is 5.59. The van der Waals surface area contributed by atoms with E-state index in [0.717, 1.165) is 18.0 Å². The number of ether oxygens (including phenoxy) is 1. The first-order valence-electron chi connectivity index (χ1n) is 7.87. The van der Waals surface area contributed by atoms with Crippen molar-refractivity contribution in [3.05, 3.63) is 0 Å². The first-order chi connectivity index (χ1) is 8.86. The molecule has 0 spiro atoms. The molecule has 3 heteroatoms. The van der Waals surface area contributed by atoms with Gasteiger partial charge in [-0.2, -0.15) is 0 Å². The van der Waals surface area contributed by atoms with E-state index >= 15 is 0 Å². The molecule has 18 heavy (non-hydrogen) atoms. The molecule has 0 amide bonds. The van der Waals surface area contributed by atoms with Gasteiger partial charge < -0.3 is 10.1 Å². The SMILES string of the molecule is COC1CCCC(N2CCCNC(C3CC3)C2)C1. The topological polar surface area (TPSA) is 24.5 Å². The highest BCUT2D eigenvalue weighted by Gasteiger charge is 2.35. The summed E-state index contributed by atoms with van der Waals surface area (Å²) in [4.78, 5) is 2.77. The lowest BCUT2D eigenvalue weighted by molar-refractivity contribution is 0.0269. The van der Waals surface area contributed by atoms with Gasteiger partial charge in [-0.15, -0.1) is 0 Å². The van der Waals surface area contributed by atoms with Gasteiger partial charge >= 0.3 is 0 Å². The van der Waals surface area contributed by atoms with Crippen molar-refractivity contribution < 1.29 is 4.74 Å². The second-order valence-electron chi connectivity index (χ2n) is 6.42. The number of nitrogens with zero attached hydrogens (tertiary/aromatic N) is 1. The summed E-state index contributed by atoms with van der Waals surface area (Å²) in [6, 6.07) is 1.56. The monoisotopic (exact) mass is 252 g/mol. The van der Waals surface area contributed by atoms with Crippen LogP contribution in [0.25, 0.3) is 0 Å². The molecule has 1 N–H and O–H groups in total. The van der Waals surface area contributed by atoms with E-state index in [1.807, 2.05) is 7.11 Å². The predicted octanol–water partition coefficient (Wildman–Crippen LogP) is 2.02. The summed E-state index contributed by atoms with van der Waals surface area (Å²) in [6.07, 6.45) is 10.0. The molecule has 0 bridgehead atoms. The molecule has 3 rings (SSSR count). The summed E-state index contributed by atoms with van der Waals surface area (Å²) in [5.74, 6) is 0.979. The lowest BCUT2D eigenvalue weighted by atomic mass is 9.91. The van der Waals surface area contributed by atoms with Gasteiger partial charge in [0.2, 0.25) is 0 Å². The van der Waals surface area contributed by atoms with Gasteiger partial charge in [0, 0.05) is 25.7 Å². The molecule has 1 aliphatic heterocycles. The van der Waals surface area contributed by atoms with Gasteiger partial charge in [0.15, 0.2) is 0 Å². The van der Waals surface area contributed by atoms with Crippen molar-refractivity contribution in [3.8, 4) is 0 Å². The first-order valence-corrected chi connectivity index (χ1v) is 7.87. The van der Waals surface area contributed by atoms with Crippen LogP contribution in [0.5, 0.6) is 0 Å². The van der Waals surface area contributed by atoms with Crippen LogP contribution < -0.4 is 5.32 Å². The molecule has 0 aromatic heterocycles. The summed E-state index contributed by atoms with van der Waals surface area (Å²) in [7, 11) is 1.88. The lowest BCUT2D eigenvalue weighted by Gasteiger charge is -2.37. The standard InChI is InChI=1S/C15H28N2O/c1-18-14-5-2-4-13(10-14)17-9-3-8-16-15(11-17)12-6-7-12/h12-16H,2-11H2,1H3. The number of rotatable bonds is 3. The second kappa shape index (κ2) is 5.89. The van der Waals surface area contributed by atoms with Crippen molar-refractivity contribution in [1.29, 1.82) is 0 Å². The number of methoxy groups -OCH3 is 1. The fraction of sp³-hybridized carbons (Fsp3) is 1.00. The highest BCUT2D eigenvalue weighted by molar-refractivity contribution is 4.92. The summed E-state index contributed by atoms with van der Waals surface area (Å²) >= 11 is 0. The van der Waals surface area contributed by atoms with Crippen molar-refractivity contribution in [2.45, 2.75) is 63.1 Å². The zero-order chi connectivity index (χ0) is 12.4. The van der Waals surface area contributed by atoms with E-state index in [9.17, 15) is 0 Å². The fourth-order valence-corrected chi connectivity index (χ4v) is 3.79. The fourth-order valence-electron chi connectivity index (χ4n) is 3.79. The van der Waals surface area contributed by atoms with Crippen LogP contribution in [0, 0.1) is 5.92 Å². The van der Waals surface area contributed by atoms with Gasteiger partial charge in [-0.3, -0.25) is 4.90 Å². The minimum atomic E-state index is 0.513. The van der Waals surface area contributed by atoms with E-state index in [-0.39, 0.29) is 0 Å². The minimum Gasteiger partial charge on any atom is -0.381 e. The van der Waals surface area contributed by atoms with Crippen LogP contribution >= 0.6 is 0 Å². The zero-order valence-corrected chi connectivity index (χ0v) is 11.7. The van der Waals surface area contributed by atoms with Crippen LogP contribution in [-0.2, 0) is 4.74 Å². The Balaban J connectivity index is 1.58. The van der Waals surface area contributed by atoms with Crippen LogP contribution in [0.3, 0.4) is 0 Å². The molecule has 0 aromatic carbocycles. The van der Waals surface area contributed by atoms with E-state index in [1.165, 1.54) is 64.6 Å². The molecule has 3 atom stereocenters. The average molecular weight is 252 g/mol. The van der Waals surface area contributed by atoms with Gasteiger partial charge in [-0.1, -0.05) is 0 Å². The van der Waals surface area contributed by atoms with Crippen LogP contribution in [-0.4, -0.2) is 49.8 Å². The van der Waals surface area contributed by atoms with E-state index < -0.39 is 0 Å². The van der Waals surface area contributed by atoms with Gasteiger partial charge in [-0.25, -0.2) is 0 Å². The molecule has 0 radical (unpaired) electrons. The molecule has 2 saturated carbocycles. The Bertz CT molecular complexity index is 267. The maximum absolute atomic E-state index is 5.59. The van der Waals surface area contributed by atoms with Crippen molar-refractivity contribution in [1.82, 2.24) is 10.2 Å². The maximum Gasteiger partial charge on any atom is 0.0586 e. The van der Waals surface area contributed by atoms with Crippen molar-refractivity contribution in [2.24, 2.45) is 5.92 Å². The summed E-state index contributed by atoms with van der Waals surface area (Å²) in [5.41, 5.74) is 0. The van der Waals surface area contributed by atoms with E-state index in [0.29, 0.717) is 6.10 Å². The third-order valence-electron chi connectivity index (χ3n) is 5.10. The molecule has 1 saturated heterocycles. The van der Waals surface area contributed by atoms with Crippen molar-refractivity contribution in [2.75, 3.05) is 26.7 Å². The molecule has 3 aliphatic rings. The Labute approximate surface area is 111 Å². The smallest absolute Gasteiger partial charge is 0.0586 e. The lowest BCUT2D eigenvalue weighted by Crippen LogP contribution is -2.46. The zero-order valence-electron chi connectivity index (χ0n) is 11.7. The van der Waals surface area contributed by atoms with Crippen molar-refractivity contribution >= 4 is 0 Å². The molecular formula is C15H28N2O. The number of hydrogen-bond acceptors (Lipinski definition) is 3. The molecule has 3 nitrogen and oxygen atoms in total. The summed E-state index contributed by atoms with van der Waals surface area (Å²) in [6.45, 7) is 3.79. The number of nitrogens with one attached hydrogen (secondary N) is 1. The Hall–Kier alpha value is -0.120. The normalized spacial score (nSPS) is 39.5. The summed E-state index contributed by atoms with van der Waals surface area (Å²) in [5, 5.41) is 3.76. The van der Waals surface area contributed by atoms with Crippen LogP contribution in [0.15, 0.2) is 0 Å². The Kier molecular flexibility index (Phi) is 4.22.